The number of aromatic nitrogens is 2. The molecule has 0 atom stereocenters. The van der Waals surface area contributed by atoms with E-state index in [0.717, 1.165) is 24.3 Å². The average molecular weight is 490 g/mol. The molecule has 11 heteroatoms. The number of alkyl halides is 6. The number of carbonyl (C=O) groups excluding carboxylic acids is 1. The fourth-order valence-electron chi connectivity index (χ4n) is 3.33. The summed E-state index contributed by atoms with van der Waals surface area (Å²) in [5, 5.41) is 6.67. The number of anilines is 2. The van der Waals surface area contributed by atoms with Gasteiger partial charge in [-0.3, -0.25) is 4.79 Å². The zero-order valence-corrected chi connectivity index (χ0v) is 17.7. The van der Waals surface area contributed by atoms with Gasteiger partial charge in [0.1, 0.15) is 5.82 Å². The minimum atomic E-state index is -4.54. The summed E-state index contributed by atoms with van der Waals surface area (Å²) >= 11 is 0. The van der Waals surface area contributed by atoms with Gasteiger partial charge in [-0.15, -0.1) is 0 Å². The van der Waals surface area contributed by atoms with Gasteiger partial charge in [0.2, 0.25) is 0 Å². The highest BCUT2D eigenvalue weighted by molar-refractivity contribution is 6.04. The predicted octanol–water partition coefficient (Wildman–Crippen LogP) is 6.41. The van der Waals surface area contributed by atoms with Crippen LogP contribution in [0.1, 0.15) is 21.5 Å². The van der Waals surface area contributed by atoms with Crippen LogP contribution in [-0.4, -0.2) is 15.7 Å². The number of benzene rings is 3. The van der Waals surface area contributed by atoms with E-state index in [1.807, 2.05) is 0 Å². The second-order valence-electron chi connectivity index (χ2n) is 7.52. The Balaban J connectivity index is 1.54. The molecular formula is C24H16F6N4O. The number of amides is 1. The van der Waals surface area contributed by atoms with Gasteiger partial charge in [-0.05, 0) is 54.6 Å². The van der Waals surface area contributed by atoms with Gasteiger partial charge in [0.05, 0.1) is 22.5 Å². The summed E-state index contributed by atoms with van der Waals surface area (Å²) in [6, 6.07) is 16.2. The first-order valence-corrected chi connectivity index (χ1v) is 10.0. The van der Waals surface area contributed by atoms with Gasteiger partial charge in [-0.25, -0.2) is 4.68 Å². The molecule has 0 aliphatic rings. The number of hydrogen-bond donors (Lipinski definition) is 2. The maximum atomic E-state index is 13.0. The third-order valence-corrected chi connectivity index (χ3v) is 5.04. The van der Waals surface area contributed by atoms with Crippen LogP contribution < -0.4 is 11.1 Å². The number of nitrogens with one attached hydrogen (secondary N) is 1. The van der Waals surface area contributed by atoms with E-state index in [9.17, 15) is 31.1 Å². The van der Waals surface area contributed by atoms with Gasteiger partial charge >= 0.3 is 12.4 Å². The molecule has 0 aliphatic carbocycles. The van der Waals surface area contributed by atoms with Crippen LogP contribution in [0.3, 0.4) is 0 Å². The number of hydrogen-bond acceptors (Lipinski definition) is 3. The van der Waals surface area contributed by atoms with Gasteiger partial charge in [-0.1, -0.05) is 18.2 Å². The molecule has 1 aromatic heterocycles. The summed E-state index contributed by atoms with van der Waals surface area (Å²) in [5.74, 6) is -0.479. The van der Waals surface area contributed by atoms with Gasteiger partial charge in [0.25, 0.3) is 5.91 Å². The van der Waals surface area contributed by atoms with Crippen LogP contribution in [0.25, 0.3) is 16.9 Å². The number of rotatable bonds is 4. The number of nitrogens with two attached hydrogens (primary N) is 1. The predicted molar refractivity (Wildman–Crippen MR) is 118 cm³/mol. The Kier molecular flexibility index (Phi) is 6.01. The van der Waals surface area contributed by atoms with Crippen LogP contribution in [0, 0.1) is 0 Å². The van der Waals surface area contributed by atoms with Gasteiger partial charge in [-0.2, -0.15) is 31.4 Å². The van der Waals surface area contributed by atoms with Crippen molar-refractivity contribution in [2.24, 2.45) is 0 Å². The average Bonchev–Trinajstić information content (AvgIpc) is 3.20. The highest BCUT2D eigenvalue weighted by atomic mass is 19.4. The van der Waals surface area contributed by atoms with Crippen LogP contribution in [0.4, 0.5) is 37.8 Å². The Hall–Kier alpha value is -4.28. The molecule has 4 rings (SSSR count). The Labute approximate surface area is 194 Å². The lowest BCUT2D eigenvalue weighted by Crippen LogP contribution is -2.13. The molecule has 4 aromatic rings. The van der Waals surface area contributed by atoms with Crippen LogP contribution in [-0.2, 0) is 12.4 Å². The molecule has 1 heterocycles. The van der Waals surface area contributed by atoms with E-state index in [1.165, 1.54) is 59.3 Å². The summed E-state index contributed by atoms with van der Waals surface area (Å²) in [4.78, 5) is 12.5. The monoisotopic (exact) mass is 490 g/mol. The number of nitrogen functional groups attached to an aromatic ring is 1. The van der Waals surface area contributed by atoms with Crippen molar-refractivity contribution in [3.8, 4) is 16.9 Å². The lowest BCUT2D eigenvalue weighted by Gasteiger charge is -2.10. The first-order valence-electron chi connectivity index (χ1n) is 10.0. The van der Waals surface area contributed by atoms with Crippen molar-refractivity contribution in [1.82, 2.24) is 9.78 Å². The number of halogens is 6. The highest BCUT2D eigenvalue weighted by Crippen LogP contribution is 2.33. The molecule has 5 nitrogen and oxygen atoms in total. The van der Waals surface area contributed by atoms with Crippen molar-refractivity contribution >= 4 is 17.4 Å². The van der Waals surface area contributed by atoms with Gasteiger partial charge in [0, 0.05) is 22.9 Å². The maximum Gasteiger partial charge on any atom is 0.416 e. The fourth-order valence-corrected chi connectivity index (χ4v) is 3.33. The molecular weight excluding hydrogens is 474 g/mol. The lowest BCUT2D eigenvalue weighted by atomic mass is 10.1. The van der Waals surface area contributed by atoms with E-state index < -0.39 is 29.4 Å². The van der Waals surface area contributed by atoms with Crippen molar-refractivity contribution in [2.75, 3.05) is 11.1 Å². The molecule has 35 heavy (non-hydrogen) atoms. The van der Waals surface area contributed by atoms with Crippen LogP contribution >= 0.6 is 0 Å². The topological polar surface area (TPSA) is 72.9 Å². The Morgan fingerprint density at radius 3 is 2.03 bits per heavy atom. The van der Waals surface area contributed by atoms with E-state index in [1.54, 1.807) is 0 Å². The molecule has 0 saturated carbocycles. The number of nitrogens with zero attached hydrogens (tertiary/aromatic N) is 2. The van der Waals surface area contributed by atoms with Crippen molar-refractivity contribution in [3.05, 3.63) is 95.6 Å². The zero-order chi connectivity index (χ0) is 25.4. The van der Waals surface area contributed by atoms with Crippen molar-refractivity contribution in [2.45, 2.75) is 12.4 Å². The number of carbonyl (C=O) groups is 1. The van der Waals surface area contributed by atoms with E-state index in [-0.39, 0.29) is 28.3 Å². The third kappa shape index (κ3) is 5.29. The summed E-state index contributed by atoms with van der Waals surface area (Å²) in [6.45, 7) is 0. The molecule has 180 valence electrons. The zero-order valence-electron chi connectivity index (χ0n) is 17.7. The van der Waals surface area contributed by atoms with Crippen LogP contribution in [0.2, 0.25) is 0 Å². The second kappa shape index (κ2) is 8.82. The molecule has 3 aromatic carbocycles. The van der Waals surface area contributed by atoms with E-state index in [4.69, 9.17) is 5.73 Å². The smallest absolute Gasteiger partial charge is 0.384 e. The Morgan fingerprint density at radius 2 is 1.40 bits per heavy atom. The van der Waals surface area contributed by atoms with E-state index in [2.05, 4.69) is 10.4 Å². The quantitative estimate of drug-likeness (QED) is 0.325. The molecule has 0 saturated heterocycles. The molecule has 0 unspecified atom stereocenters. The standard InChI is InChI=1S/C24H16F6N4O/c25-23(26,27)16-4-1-3-15(11-16)20-13-21(31)34(33-20)19-9-7-14(8-10-19)22(35)32-18-6-2-5-17(12-18)24(28,29)30/h1-13H,31H2,(H,32,35). The second-order valence-corrected chi connectivity index (χ2v) is 7.52. The fraction of sp³-hybridized carbons (Fsp3) is 0.0833. The summed E-state index contributed by atoms with van der Waals surface area (Å²) in [5.41, 5.74) is 5.30. The van der Waals surface area contributed by atoms with Crippen LogP contribution in [0.5, 0.6) is 0 Å². The van der Waals surface area contributed by atoms with Crippen molar-refractivity contribution < 1.29 is 31.1 Å². The lowest BCUT2D eigenvalue weighted by molar-refractivity contribution is -0.138. The minimum Gasteiger partial charge on any atom is -0.384 e. The summed E-state index contributed by atoms with van der Waals surface area (Å²) in [6.07, 6.45) is -9.05. The molecule has 0 bridgehead atoms. The first-order chi connectivity index (χ1) is 16.4. The largest absolute Gasteiger partial charge is 0.416 e. The van der Waals surface area contributed by atoms with Crippen LogP contribution in [0.15, 0.2) is 78.9 Å². The highest BCUT2D eigenvalue weighted by Gasteiger charge is 2.31. The minimum absolute atomic E-state index is 0.0176. The van der Waals surface area contributed by atoms with E-state index >= 15 is 0 Å². The SMILES string of the molecule is Nc1cc(-c2cccc(C(F)(F)F)c2)nn1-c1ccc(C(=O)Nc2cccc(C(F)(F)F)c2)cc1. The molecule has 0 fully saturated rings. The van der Waals surface area contributed by atoms with Gasteiger partial charge < -0.3 is 11.1 Å². The molecule has 0 aliphatic heterocycles. The van der Waals surface area contributed by atoms with E-state index in [0.29, 0.717) is 5.69 Å². The Morgan fingerprint density at radius 1 is 0.800 bits per heavy atom. The third-order valence-electron chi connectivity index (χ3n) is 5.04. The van der Waals surface area contributed by atoms with Gasteiger partial charge in [0.15, 0.2) is 0 Å². The normalized spacial score (nSPS) is 11.9. The summed E-state index contributed by atoms with van der Waals surface area (Å²) in [7, 11) is 0. The molecule has 0 radical (unpaired) electrons. The molecule has 1 amide bonds. The molecule has 3 N–H and O–H groups in total. The summed E-state index contributed by atoms with van der Waals surface area (Å²) < 4.78 is 78.9. The van der Waals surface area contributed by atoms with Crippen molar-refractivity contribution in [3.63, 3.8) is 0 Å². The van der Waals surface area contributed by atoms with Crippen molar-refractivity contribution in [1.29, 1.82) is 0 Å². The molecule has 0 spiro atoms. The maximum absolute atomic E-state index is 13.0. The first kappa shape index (κ1) is 23.9. The Bertz CT molecular complexity index is 1370.